The van der Waals surface area contributed by atoms with Gasteiger partial charge in [-0.3, -0.25) is 29.7 Å². The number of Topliss-reactive ketones (excluding diaryl/α,β-unsaturated/α-hetero) is 1. The number of phenolic OH excluding ortho intramolecular Hbond substituents is 2. The highest BCUT2D eigenvalue weighted by Gasteiger charge is 2.41. The summed E-state index contributed by atoms with van der Waals surface area (Å²) in [5.41, 5.74) is 63.2. The molecule has 14 rings (SSSR count). The number of aromatic nitrogens is 2. The first-order valence-corrected chi connectivity index (χ1v) is 40.2. The topological polar surface area (TPSA) is 630 Å². The SMILES string of the molecule is C[C@H](N)C(=O)O.Cc1ccc(S(=O)(=O)N[C@@H](C)C(=O)O)cc1.Cn1cnc(N)c1C(N)=O.N[C@@H](Cc1ccc(B(O)O)cc1)OC=O.N[C@@H](c1ccccc1)c1c(O)ccc2ccccc12.Nc1cccc2cccc(N)c12.Nc1ccccc1C(=O)O.Nc1ccccc1N.O=C(CO)c1ccccc1O.OC(c1ccccc1)(c1ccccc1)[C@@H]1CCCN1. The Morgan fingerprint density at radius 1 is 0.595 bits per heavy atom. The van der Waals surface area contributed by atoms with Gasteiger partial charge in [0, 0.05) is 47.5 Å². The van der Waals surface area contributed by atoms with Crippen molar-refractivity contribution in [1.82, 2.24) is 19.6 Å². The van der Waals surface area contributed by atoms with E-state index in [2.05, 4.69) is 19.8 Å². The summed E-state index contributed by atoms with van der Waals surface area (Å²) in [5.74, 6) is -3.86. The molecule has 1 aromatic heterocycles. The summed E-state index contributed by atoms with van der Waals surface area (Å²) in [6, 6.07) is 83.2. The van der Waals surface area contributed by atoms with Gasteiger partial charge in [0.15, 0.2) is 17.8 Å². The van der Waals surface area contributed by atoms with Gasteiger partial charge >= 0.3 is 25.0 Å². The smallest absolute Gasteiger partial charge is 0.488 e. The number of rotatable bonds is 19. The number of anilines is 6. The minimum absolute atomic E-state index is 0.0613. The van der Waals surface area contributed by atoms with Crippen LogP contribution in [0, 0.1) is 6.92 Å². The molecule has 1 amide bonds. The average molecular weight is 1740 g/mol. The Balaban J connectivity index is 0.000000252. The Morgan fingerprint density at radius 2 is 1.07 bits per heavy atom. The number of primary amides is 1. The van der Waals surface area contributed by atoms with Crippen molar-refractivity contribution in [3.05, 3.63) is 342 Å². The van der Waals surface area contributed by atoms with Crippen LogP contribution in [0.3, 0.4) is 0 Å². The maximum atomic E-state index is 11.7. The number of hydrogen-bond donors (Lipinski definition) is 21. The number of aliphatic hydroxyl groups is 2. The van der Waals surface area contributed by atoms with E-state index < -0.39 is 77.3 Å². The number of carboxylic acid groups (broad SMARTS) is 3. The molecule has 12 aromatic carbocycles. The molecule has 0 bridgehead atoms. The van der Waals surface area contributed by atoms with Crippen molar-refractivity contribution < 1.29 is 87.7 Å². The quantitative estimate of drug-likeness (QED) is 0.0119. The maximum absolute atomic E-state index is 11.7. The lowest BCUT2D eigenvalue weighted by molar-refractivity contribution is -0.139. The van der Waals surface area contributed by atoms with Crippen LogP contribution in [0.25, 0.3) is 21.5 Å². The molecule has 0 radical (unpaired) electrons. The molecule has 1 aliphatic heterocycles. The second kappa shape index (κ2) is 51.4. The molecule has 126 heavy (non-hydrogen) atoms. The van der Waals surface area contributed by atoms with Crippen molar-refractivity contribution in [2.24, 2.45) is 30.0 Å². The van der Waals surface area contributed by atoms with Crippen LogP contribution in [0.2, 0.25) is 0 Å². The van der Waals surface area contributed by atoms with Gasteiger partial charge < -0.3 is 112 Å². The van der Waals surface area contributed by atoms with Crippen molar-refractivity contribution in [1.29, 1.82) is 0 Å². The molecule has 0 unspecified atom stereocenters. The normalized spacial score (nSPS) is 12.5. The van der Waals surface area contributed by atoms with Gasteiger partial charge in [-0.05, 0) is 151 Å². The zero-order valence-corrected chi connectivity index (χ0v) is 70.4. The van der Waals surface area contributed by atoms with E-state index in [9.17, 15) is 47.4 Å². The number of carbonyl (C=O) groups is 6. The Kier molecular flexibility index (Phi) is 41.6. The minimum atomic E-state index is -3.75. The van der Waals surface area contributed by atoms with Crippen LogP contribution in [0.4, 0.5) is 34.3 Å². The third kappa shape index (κ3) is 32.0. The van der Waals surface area contributed by atoms with Crippen molar-refractivity contribution >= 4 is 114 Å². The number of sulfonamides is 1. The third-order valence-electron chi connectivity index (χ3n) is 18.5. The first kappa shape index (κ1) is 102. The summed E-state index contributed by atoms with van der Waals surface area (Å²) < 4.78 is 31.4. The Hall–Kier alpha value is -14.6. The number of ketones is 1. The summed E-state index contributed by atoms with van der Waals surface area (Å²) in [6.45, 7) is 5.24. The number of hydrogen-bond acceptors (Lipinski definition) is 26. The van der Waals surface area contributed by atoms with E-state index in [1.54, 1.807) is 92.0 Å². The highest BCUT2D eigenvalue weighted by molar-refractivity contribution is 7.89. The Labute approximate surface area is 729 Å². The molecular formula is C92H107BN14O18S. The number of aliphatic carboxylic acids is 2. The van der Waals surface area contributed by atoms with Crippen LogP contribution in [0.15, 0.2) is 296 Å². The van der Waals surface area contributed by atoms with E-state index in [1.165, 1.54) is 55.1 Å². The number of carbonyl (C=O) groups excluding carboxylic acids is 3. The summed E-state index contributed by atoms with van der Waals surface area (Å²) >= 11 is 0. The number of benzene rings is 12. The summed E-state index contributed by atoms with van der Waals surface area (Å²) in [7, 11) is -3.57. The largest absolute Gasteiger partial charge is 0.508 e. The number of aliphatic hydroxyl groups excluding tert-OH is 1. The highest BCUT2D eigenvalue weighted by Crippen LogP contribution is 2.37. The van der Waals surface area contributed by atoms with Crippen LogP contribution in [0.5, 0.6) is 11.5 Å². The molecule has 1 saturated heterocycles. The maximum Gasteiger partial charge on any atom is 0.488 e. The molecule has 34 heteroatoms. The van der Waals surface area contributed by atoms with E-state index in [0.29, 0.717) is 35.4 Å². The van der Waals surface area contributed by atoms with E-state index in [0.717, 1.165) is 85.7 Å². The lowest BCUT2D eigenvalue weighted by Crippen LogP contribution is -2.46. The monoisotopic (exact) mass is 1740 g/mol. The van der Waals surface area contributed by atoms with Crippen LogP contribution < -0.4 is 72.8 Å². The number of nitrogens with two attached hydrogens (primary N) is 10. The summed E-state index contributed by atoms with van der Waals surface area (Å²) in [4.78, 5) is 65.6. The predicted molar refractivity (Wildman–Crippen MR) is 491 cm³/mol. The number of carboxylic acids is 3. The highest BCUT2D eigenvalue weighted by atomic mass is 32.2. The fourth-order valence-corrected chi connectivity index (χ4v) is 13.0. The van der Waals surface area contributed by atoms with E-state index in [-0.39, 0.29) is 51.1 Å². The molecule has 5 atom stereocenters. The first-order valence-electron chi connectivity index (χ1n) is 38.7. The van der Waals surface area contributed by atoms with Crippen LogP contribution in [0.1, 0.15) is 97.3 Å². The van der Waals surface area contributed by atoms with Gasteiger partial charge in [-0.15, -0.1) is 0 Å². The third-order valence-corrected chi connectivity index (χ3v) is 20.0. The second-order valence-electron chi connectivity index (χ2n) is 27.8. The standard InChI is InChI=1S/C17H19NO.C17H15NO.C10H10N2.C10H13NO4S.C9H12BNO4.C8H8O3.C7H7NO2.C6H8N2.C5H8N4O.C3H7NO2/c19-17(16-12-7-13-18-16,14-8-3-1-4-9-14)15-10-5-2-6-11-15;18-17(13-7-2-1-3-8-13)16-14-9-5-4-6-12(14)10-11-15(16)19;11-8-5-1-3-7-4-2-6-9(12)10(7)8;1-7-3-5-9(6-4-7)16(14,15)11-8(2)10(12)13;11-9(15-6-12)5-7-1-3-8(4-2-7)10(13)14;9-5-8(11)6-3-1-2-4-7(6)10;8-6-4-2-1-3-5(6)7(9)10;7-5-3-1-2-4-6(5)8;1-9-2-8-4(6)3(9)5(7)10;1-2(4)3(5)6/h1-6,8-11,16,18-19H,7,12-13H2;1-11,17,19H,18H2;1-6H,11-12H2;3-6,8,11H,1-2H3,(H,12,13);1-4,6,9,13-14H,5,11H2;1-4,9-10H,5H2;1-4H,8H2,(H,9,10);1-4H,7-8H2;2H,6H2,1H3,(H2,7,10);2H,4H2,1H3,(H,5,6)/t16-;17-;;8-;9-;;;;;2-/m00.01....0/s1. The van der Waals surface area contributed by atoms with Gasteiger partial charge in [0.2, 0.25) is 10.0 Å². The van der Waals surface area contributed by atoms with Gasteiger partial charge in [-0.1, -0.05) is 224 Å². The van der Waals surface area contributed by atoms with Gasteiger partial charge in [0.1, 0.15) is 41.5 Å². The number of aryl methyl sites for hydroxylation is 2. The van der Waals surface area contributed by atoms with E-state index in [1.807, 2.05) is 177 Å². The van der Waals surface area contributed by atoms with Crippen molar-refractivity contribution in [2.45, 2.75) is 80.9 Å². The molecular weight excluding hydrogens is 1630 g/mol. The molecule has 0 saturated carbocycles. The summed E-state index contributed by atoms with van der Waals surface area (Å²) in [6.07, 6.45) is 3.27. The predicted octanol–water partition coefficient (Wildman–Crippen LogP) is 8.29. The zero-order chi connectivity index (χ0) is 93.2. The van der Waals surface area contributed by atoms with Crippen LogP contribution in [-0.4, -0.2) is 144 Å². The van der Waals surface area contributed by atoms with Crippen LogP contribution in [-0.2, 0) is 48.2 Å². The number of aromatic hydroxyl groups is 2. The van der Waals surface area contributed by atoms with Gasteiger partial charge in [0.05, 0.1) is 39.8 Å². The van der Waals surface area contributed by atoms with Crippen molar-refractivity contribution in [3.8, 4) is 11.5 Å². The molecule has 1 fully saturated rings. The fraction of sp³-hybridized carbons (Fsp3) is 0.163. The molecule has 13 aromatic rings. The molecule has 1 aliphatic rings. The number of phenols is 2. The number of nitrogens with one attached hydrogen (secondary N) is 2. The van der Waals surface area contributed by atoms with Gasteiger partial charge in [-0.25, -0.2) is 18.2 Å². The van der Waals surface area contributed by atoms with Crippen molar-refractivity contribution in [2.75, 3.05) is 47.6 Å². The molecule has 0 aliphatic carbocycles. The number of aromatic carboxylic acids is 1. The fourth-order valence-electron chi connectivity index (χ4n) is 11.8. The molecule has 662 valence electrons. The molecule has 0 spiro atoms. The van der Waals surface area contributed by atoms with Crippen molar-refractivity contribution in [3.63, 3.8) is 0 Å². The average Bonchev–Trinajstić information content (AvgIpc) is 0.995. The summed E-state index contributed by atoms with van der Waals surface area (Å²) in [5, 5.41) is 89.3. The molecule has 31 N–H and O–H groups in total. The van der Waals surface area contributed by atoms with E-state index in [4.69, 9.17) is 92.9 Å². The number of nitrogen functional groups attached to an aromatic ring is 6. The number of amides is 1. The lowest BCUT2D eigenvalue weighted by atomic mass is 9.79. The number of imidazole rings is 1. The number of para-hydroxylation sites is 4. The van der Waals surface area contributed by atoms with E-state index >= 15 is 0 Å². The zero-order valence-electron chi connectivity index (χ0n) is 69.6. The number of fused-ring (bicyclic) bond motifs is 2. The minimum Gasteiger partial charge on any atom is -0.508 e. The Bertz CT molecular complexity index is 5610. The lowest BCUT2D eigenvalue weighted by Gasteiger charge is -2.35. The van der Waals surface area contributed by atoms with Crippen LogP contribution >= 0.6 is 0 Å². The molecule has 2 heterocycles. The second-order valence-corrected chi connectivity index (χ2v) is 29.5. The number of ether oxygens (including phenoxy) is 1. The van der Waals surface area contributed by atoms with Gasteiger partial charge in [0.25, 0.3) is 12.4 Å². The first-order chi connectivity index (χ1) is 59.9. The van der Waals surface area contributed by atoms with Gasteiger partial charge in [-0.2, -0.15) is 4.72 Å². The Morgan fingerprint density at radius 3 is 1.49 bits per heavy atom. The number of nitrogens with zero attached hydrogens (tertiary/aromatic N) is 2. The molecule has 32 nitrogen and oxygen atoms in total.